The van der Waals surface area contributed by atoms with Crippen LogP contribution in [0, 0.1) is 11.3 Å². The Morgan fingerprint density at radius 2 is 2.00 bits per heavy atom. The van der Waals surface area contributed by atoms with E-state index < -0.39 is 0 Å². The van der Waals surface area contributed by atoms with Crippen LogP contribution >= 0.6 is 0 Å². The molecular weight excluding hydrogens is 438 g/mol. The van der Waals surface area contributed by atoms with Gasteiger partial charge in [0.2, 0.25) is 5.82 Å². The number of hydrogen-bond acceptors (Lipinski definition) is 6. The average molecular weight is 470 g/mol. The summed E-state index contributed by atoms with van der Waals surface area (Å²) in [5.74, 6) is 0.891. The van der Waals surface area contributed by atoms with Gasteiger partial charge in [-0.1, -0.05) is 44.2 Å². The smallest absolute Gasteiger partial charge is 0.260 e. The second-order valence-electron chi connectivity index (χ2n) is 10.3. The highest BCUT2D eigenvalue weighted by molar-refractivity contribution is 5.88. The first-order chi connectivity index (χ1) is 16.9. The summed E-state index contributed by atoms with van der Waals surface area (Å²) in [7, 11) is 0. The van der Waals surface area contributed by atoms with Crippen molar-refractivity contribution in [2.24, 2.45) is 22.1 Å². The van der Waals surface area contributed by atoms with Crippen molar-refractivity contribution < 1.29 is 0 Å². The summed E-state index contributed by atoms with van der Waals surface area (Å²) in [6, 6.07) is 10.2. The van der Waals surface area contributed by atoms with E-state index in [0.29, 0.717) is 28.3 Å². The van der Waals surface area contributed by atoms with Crippen LogP contribution in [0.4, 0.5) is 0 Å². The molecule has 0 amide bonds. The molecule has 35 heavy (non-hydrogen) atoms. The maximum atomic E-state index is 13.1. The molecule has 180 valence electrons. The van der Waals surface area contributed by atoms with Crippen molar-refractivity contribution in [1.82, 2.24) is 25.6 Å². The van der Waals surface area contributed by atoms with E-state index in [0.717, 1.165) is 24.9 Å². The van der Waals surface area contributed by atoms with Crippen LogP contribution in [0.1, 0.15) is 57.1 Å². The van der Waals surface area contributed by atoms with Crippen LogP contribution in [0.2, 0.25) is 0 Å². The summed E-state index contributed by atoms with van der Waals surface area (Å²) in [6.45, 7) is 5.44. The van der Waals surface area contributed by atoms with Crippen LogP contribution in [-0.2, 0) is 0 Å². The standard InChI is InChI=1S/C27H31N7O/c1-27(2)12-9-19(10-13-27)18-5-7-20(8-6-18)23-15-21(22(28)11-14-29-16-17-3-4-17)24(26(35)30-23)25-31-33-34-32-25/h5-9,11,14-15,17H,3-4,10,12-13,16,28H2,1-2H3,(H,30,35)(H,31,32,33,34). The lowest BCUT2D eigenvalue weighted by molar-refractivity contribution is 0.335. The van der Waals surface area contributed by atoms with E-state index in [-0.39, 0.29) is 16.9 Å². The Hall–Kier alpha value is -3.81. The molecule has 1 aromatic carbocycles. The zero-order valence-corrected chi connectivity index (χ0v) is 20.2. The molecule has 8 nitrogen and oxygen atoms in total. The second kappa shape index (κ2) is 9.44. The van der Waals surface area contributed by atoms with Crippen LogP contribution in [0.15, 0.2) is 52.3 Å². The molecule has 0 unspecified atom stereocenters. The van der Waals surface area contributed by atoms with Gasteiger partial charge in [-0.25, -0.2) is 0 Å². The number of benzene rings is 1. The number of allylic oxidation sites excluding steroid dienone is 3. The Kier molecular flexibility index (Phi) is 6.19. The molecule has 1 fully saturated rings. The minimum absolute atomic E-state index is 0.196. The van der Waals surface area contributed by atoms with Gasteiger partial charge >= 0.3 is 0 Å². The van der Waals surface area contributed by atoms with Crippen molar-refractivity contribution in [2.45, 2.75) is 46.0 Å². The summed E-state index contributed by atoms with van der Waals surface area (Å²) in [5, 5.41) is 14.0. The zero-order chi connectivity index (χ0) is 24.4. The van der Waals surface area contributed by atoms with Gasteiger partial charge in [-0.3, -0.25) is 9.79 Å². The Morgan fingerprint density at radius 3 is 2.66 bits per heavy atom. The lowest BCUT2D eigenvalue weighted by atomic mass is 9.77. The van der Waals surface area contributed by atoms with Crippen molar-refractivity contribution in [3.63, 3.8) is 0 Å². The molecule has 0 bridgehead atoms. The molecule has 1 saturated carbocycles. The highest BCUT2D eigenvalue weighted by atomic mass is 16.1. The molecule has 2 aliphatic rings. The van der Waals surface area contributed by atoms with E-state index in [2.05, 4.69) is 62.7 Å². The molecule has 0 aliphatic heterocycles. The van der Waals surface area contributed by atoms with Crippen molar-refractivity contribution in [3.8, 4) is 22.6 Å². The summed E-state index contributed by atoms with van der Waals surface area (Å²) < 4.78 is 0. The van der Waals surface area contributed by atoms with Crippen LogP contribution < -0.4 is 11.3 Å². The number of aliphatic imine (C=N–C) groups is 1. The van der Waals surface area contributed by atoms with E-state index in [9.17, 15) is 4.79 Å². The van der Waals surface area contributed by atoms with E-state index in [1.165, 1.54) is 30.4 Å². The second-order valence-corrected chi connectivity index (χ2v) is 10.3. The van der Waals surface area contributed by atoms with Gasteiger partial charge < -0.3 is 10.7 Å². The lowest BCUT2D eigenvalue weighted by Crippen LogP contribution is -2.16. The fourth-order valence-electron chi connectivity index (χ4n) is 4.37. The first kappa shape index (κ1) is 23.0. The summed E-state index contributed by atoms with van der Waals surface area (Å²) in [5.41, 5.74) is 11.9. The predicted octanol–water partition coefficient (Wildman–Crippen LogP) is 4.60. The maximum Gasteiger partial charge on any atom is 0.260 e. The Bertz CT molecular complexity index is 1340. The minimum Gasteiger partial charge on any atom is -0.398 e. The third kappa shape index (κ3) is 5.31. The molecule has 0 atom stereocenters. The largest absolute Gasteiger partial charge is 0.398 e. The SMILES string of the molecule is CC1(C)CC=C(c2ccc(-c3cc(C(N)=CC=NCC4CC4)c(-c4nn[nH]n4)c(=O)[nH]3)cc2)CC1. The monoisotopic (exact) mass is 469 g/mol. The third-order valence-corrected chi connectivity index (χ3v) is 6.87. The molecule has 2 heterocycles. The van der Waals surface area contributed by atoms with Crippen LogP contribution in [-0.4, -0.2) is 38.4 Å². The van der Waals surface area contributed by atoms with Gasteiger partial charge in [0.05, 0.1) is 5.56 Å². The van der Waals surface area contributed by atoms with Gasteiger partial charge in [0.1, 0.15) is 0 Å². The van der Waals surface area contributed by atoms with Crippen LogP contribution in [0.3, 0.4) is 0 Å². The van der Waals surface area contributed by atoms with Crippen LogP contribution in [0.25, 0.3) is 33.9 Å². The van der Waals surface area contributed by atoms with Crippen molar-refractivity contribution in [2.75, 3.05) is 6.54 Å². The van der Waals surface area contributed by atoms with Crippen molar-refractivity contribution in [1.29, 1.82) is 0 Å². The topological polar surface area (TPSA) is 126 Å². The average Bonchev–Trinajstić information content (AvgIpc) is 3.52. The molecular formula is C27H31N7O. The molecule has 4 N–H and O–H groups in total. The molecule has 3 aromatic rings. The first-order valence-electron chi connectivity index (χ1n) is 12.2. The maximum absolute atomic E-state index is 13.1. The highest BCUT2D eigenvalue weighted by Crippen LogP contribution is 2.38. The zero-order valence-electron chi connectivity index (χ0n) is 20.2. The number of hydrogen-bond donors (Lipinski definition) is 3. The van der Waals surface area contributed by atoms with Gasteiger partial charge in [0.15, 0.2) is 0 Å². The number of pyridine rings is 1. The Morgan fingerprint density at radius 1 is 1.23 bits per heavy atom. The van der Waals surface area contributed by atoms with E-state index >= 15 is 0 Å². The lowest BCUT2D eigenvalue weighted by Gasteiger charge is -2.28. The number of nitrogens with zero attached hydrogens (tertiary/aromatic N) is 4. The molecule has 5 rings (SSSR count). The number of rotatable bonds is 7. The quantitative estimate of drug-likeness (QED) is 0.436. The molecule has 0 radical (unpaired) electrons. The molecule has 8 heteroatoms. The number of H-pyrrole nitrogens is 2. The Balaban J connectivity index is 1.48. The normalized spacial score (nSPS) is 18.1. The van der Waals surface area contributed by atoms with E-state index in [1.54, 1.807) is 12.3 Å². The Labute approximate surface area is 204 Å². The molecule has 2 aliphatic carbocycles. The van der Waals surface area contributed by atoms with Crippen LogP contribution in [0.5, 0.6) is 0 Å². The molecule has 0 saturated heterocycles. The number of tetrazole rings is 1. The molecule has 0 spiro atoms. The fourth-order valence-corrected chi connectivity index (χ4v) is 4.37. The fraction of sp³-hybridized carbons (Fsp3) is 0.370. The van der Waals surface area contributed by atoms with Crippen molar-refractivity contribution >= 4 is 17.5 Å². The van der Waals surface area contributed by atoms with Gasteiger partial charge in [0, 0.05) is 29.7 Å². The van der Waals surface area contributed by atoms with E-state index in [4.69, 9.17) is 5.73 Å². The first-order valence-corrected chi connectivity index (χ1v) is 12.2. The summed E-state index contributed by atoms with van der Waals surface area (Å²) in [6.07, 6.45) is 11.6. The van der Waals surface area contributed by atoms with Gasteiger partial charge in [0.25, 0.3) is 5.56 Å². The number of aromatic nitrogens is 5. The predicted molar refractivity (Wildman–Crippen MR) is 140 cm³/mol. The summed E-state index contributed by atoms with van der Waals surface area (Å²) >= 11 is 0. The highest BCUT2D eigenvalue weighted by Gasteiger charge is 2.22. The minimum atomic E-state index is -0.327. The third-order valence-electron chi connectivity index (χ3n) is 6.87. The number of aromatic amines is 2. The van der Waals surface area contributed by atoms with Gasteiger partial charge in [-0.2, -0.15) is 5.21 Å². The molecule has 2 aromatic heterocycles. The van der Waals surface area contributed by atoms with E-state index in [1.807, 2.05) is 18.2 Å². The summed E-state index contributed by atoms with van der Waals surface area (Å²) in [4.78, 5) is 20.5. The van der Waals surface area contributed by atoms with Crippen molar-refractivity contribution in [3.05, 3.63) is 64.0 Å². The van der Waals surface area contributed by atoms with Gasteiger partial charge in [-0.15, -0.1) is 10.2 Å². The van der Waals surface area contributed by atoms with Gasteiger partial charge in [-0.05, 0) is 77.5 Å². The number of nitrogens with one attached hydrogen (secondary N) is 2. The number of nitrogens with two attached hydrogens (primary N) is 1.